The molecule has 1 aliphatic carbocycles. The first-order valence-electron chi connectivity index (χ1n) is 12.1. The summed E-state index contributed by atoms with van der Waals surface area (Å²) < 4.78 is 47.6. The number of nitrogens with zero attached hydrogens (tertiary/aromatic N) is 3. The van der Waals surface area contributed by atoms with Crippen LogP contribution in [0.4, 0.5) is 3.89 Å². The number of fused-ring (bicyclic) bond motifs is 4. The average Bonchev–Trinajstić information content (AvgIpc) is 3.23. The molecule has 3 aromatic heterocycles. The molecule has 2 aromatic carbocycles. The zero-order valence-electron chi connectivity index (χ0n) is 20.2. The summed E-state index contributed by atoms with van der Waals surface area (Å²) >= 11 is 0. The van der Waals surface area contributed by atoms with Gasteiger partial charge in [-0.05, 0) is 56.5 Å². The molecule has 5 aromatic rings. The number of hydrogen-bond acceptors (Lipinski definition) is 7. The van der Waals surface area contributed by atoms with Crippen LogP contribution in [0.2, 0.25) is 0 Å². The van der Waals surface area contributed by atoms with Gasteiger partial charge in [-0.3, -0.25) is 9.78 Å². The summed E-state index contributed by atoms with van der Waals surface area (Å²) in [6.07, 6.45) is 5.51. The standard InChI is InChI=1S/C27H21FN4O5S/c1-2-36-24-11-21-23(10-20(24)16-9-18(14-30-13-16)37-38(28,34)35)32(17-4-3-5-17)27-25(26(21)33)19-7-6-15(12-29)8-22(19)31-27/h6-11,13-14,17,31H,2-5H2,1H3. The van der Waals surface area contributed by atoms with Crippen LogP contribution >= 0.6 is 0 Å². The number of aromatic nitrogens is 3. The maximum atomic E-state index is 13.9. The average molecular weight is 533 g/mol. The minimum absolute atomic E-state index is 0.152. The highest BCUT2D eigenvalue weighted by Crippen LogP contribution is 2.41. The van der Waals surface area contributed by atoms with E-state index in [0.29, 0.717) is 56.5 Å². The summed E-state index contributed by atoms with van der Waals surface area (Å²) in [6, 6.07) is 12.4. The molecule has 192 valence electrons. The molecule has 0 saturated heterocycles. The summed E-state index contributed by atoms with van der Waals surface area (Å²) in [7, 11) is -5.23. The second kappa shape index (κ2) is 8.85. The molecule has 1 N–H and O–H groups in total. The van der Waals surface area contributed by atoms with Gasteiger partial charge in [0.1, 0.15) is 11.4 Å². The molecular weight excluding hydrogens is 511 g/mol. The van der Waals surface area contributed by atoms with Gasteiger partial charge in [0, 0.05) is 34.3 Å². The Kier molecular flexibility index (Phi) is 5.57. The minimum Gasteiger partial charge on any atom is -0.493 e. The maximum absolute atomic E-state index is 13.9. The van der Waals surface area contributed by atoms with Crippen LogP contribution in [0, 0.1) is 11.3 Å². The lowest BCUT2D eigenvalue weighted by atomic mass is 9.91. The van der Waals surface area contributed by atoms with Crippen molar-refractivity contribution in [3.63, 3.8) is 0 Å². The highest BCUT2D eigenvalue weighted by atomic mass is 32.3. The monoisotopic (exact) mass is 532 g/mol. The fraction of sp³-hybridized carbons (Fsp3) is 0.222. The zero-order chi connectivity index (χ0) is 26.6. The van der Waals surface area contributed by atoms with Gasteiger partial charge in [0.15, 0.2) is 11.2 Å². The summed E-state index contributed by atoms with van der Waals surface area (Å²) in [5, 5.41) is 11.1. The third-order valence-corrected chi connectivity index (χ3v) is 7.33. The molecule has 0 radical (unpaired) electrons. The highest BCUT2D eigenvalue weighted by molar-refractivity contribution is 7.81. The number of H-pyrrole nitrogens is 1. The molecule has 1 saturated carbocycles. The van der Waals surface area contributed by atoms with Crippen molar-refractivity contribution in [1.29, 1.82) is 5.26 Å². The second-order valence-electron chi connectivity index (χ2n) is 9.19. The lowest BCUT2D eigenvalue weighted by molar-refractivity contribution is 0.326. The van der Waals surface area contributed by atoms with Crippen molar-refractivity contribution < 1.29 is 21.2 Å². The lowest BCUT2D eigenvalue weighted by Gasteiger charge is -2.31. The number of hydrogen-bond donors (Lipinski definition) is 1. The number of halogens is 1. The molecule has 1 aliphatic rings. The van der Waals surface area contributed by atoms with Gasteiger partial charge < -0.3 is 18.5 Å². The Hall–Kier alpha value is -4.43. The molecule has 6 rings (SSSR count). The number of pyridine rings is 2. The first-order valence-corrected chi connectivity index (χ1v) is 13.4. The van der Waals surface area contributed by atoms with Crippen LogP contribution in [0.3, 0.4) is 0 Å². The molecule has 3 heterocycles. The third-order valence-electron chi connectivity index (χ3n) is 6.94. The normalized spacial score (nSPS) is 14.0. The Bertz CT molecular complexity index is 1970. The number of aromatic amines is 1. The largest absolute Gasteiger partial charge is 0.493 e. The molecular formula is C27H21FN4O5S. The van der Waals surface area contributed by atoms with Gasteiger partial charge in [0.2, 0.25) is 0 Å². The van der Waals surface area contributed by atoms with E-state index in [1.165, 1.54) is 12.3 Å². The number of nitrogens with one attached hydrogen (secondary N) is 1. The van der Waals surface area contributed by atoms with Gasteiger partial charge in [-0.15, -0.1) is 0 Å². The molecule has 0 amide bonds. The number of nitriles is 1. The van der Waals surface area contributed by atoms with Crippen LogP contribution in [0.5, 0.6) is 11.5 Å². The first kappa shape index (κ1) is 23.9. The van der Waals surface area contributed by atoms with E-state index in [0.717, 1.165) is 30.8 Å². The predicted molar refractivity (Wildman–Crippen MR) is 140 cm³/mol. The number of ether oxygens (including phenoxy) is 1. The summed E-state index contributed by atoms with van der Waals surface area (Å²) in [5.74, 6) is 0.105. The molecule has 0 spiro atoms. The third kappa shape index (κ3) is 3.94. The van der Waals surface area contributed by atoms with Crippen molar-refractivity contribution in [3.8, 4) is 28.7 Å². The molecule has 0 aliphatic heterocycles. The lowest BCUT2D eigenvalue weighted by Crippen LogP contribution is -2.21. The van der Waals surface area contributed by atoms with Crippen molar-refractivity contribution in [2.24, 2.45) is 0 Å². The van der Waals surface area contributed by atoms with Crippen LogP contribution in [-0.4, -0.2) is 29.6 Å². The SMILES string of the molecule is CCOc1cc2c(=O)c3c4ccc(C#N)cc4[nH]c3n(C3CCC3)c2cc1-c1cncc(OS(=O)(=O)F)c1. The van der Waals surface area contributed by atoms with E-state index in [1.807, 2.05) is 13.0 Å². The van der Waals surface area contributed by atoms with Crippen LogP contribution in [-0.2, 0) is 10.5 Å². The van der Waals surface area contributed by atoms with Crippen LogP contribution in [0.1, 0.15) is 37.8 Å². The Balaban J connectivity index is 1.69. The predicted octanol–water partition coefficient (Wildman–Crippen LogP) is 5.29. The van der Waals surface area contributed by atoms with Crippen molar-refractivity contribution in [1.82, 2.24) is 14.5 Å². The Labute approximate surface area is 216 Å². The molecule has 38 heavy (non-hydrogen) atoms. The second-order valence-corrected chi connectivity index (χ2v) is 10.1. The number of benzene rings is 2. The van der Waals surface area contributed by atoms with Crippen LogP contribution in [0.25, 0.3) is 44.0 Å². The first-order chi connectivity index (χ1) is 18.3. The molecule has 1 fully saturated rings. The zero-order valence-corrected chi connectivity index (χ0v) is 21.0. The van der Waals surface area contributed by atoms with E-state index in [2.05, 4.69) is 24.8 Å². The smallest absolute Gasteiger partial charge is 0.488 e. The number of rotatable bonds is 6. The van der Waals surface area contributed by atoms with Gasteiger partial charge in [0.25, 0.3) is 0 Å². The van der Waals surface area contributed by atoms with E-state index in [1.54, 1.807) is 24.3 Å². The van der Waals surface area contributed by atoms with Crippen molar-refractivity contribution in [2.75, 3.05) is 6.61 Å². The van der Waals surface area contributed by atoms with E-state index < -0.39 is 10.5 Å². The van der Waals surface area contributed by atoms with Gasteiger partial charge in [-0.1, -0.05) is 9.95 Å². The van der Waals surface area contributed by atoms with E-state index in [-0.39, 0.29) is 17.2 Å². The molecule has 9 nitrogen and oxygen atoms in total. The molecule has 11 heteroatoms. The van der Waals surface area contributed by atoms with Crippen LogP contribution in [0.15, 0.2) is 53.6 Å². The van der Waals surface area contributed by atoms with Gasteiger partial charge in [-0.2, -0.15) is 13.7 Å². The Morgan fingerprint density at radius 1 is 1.18 bits per heavy atom. The van der Waals surface area contributed by atoms with Crippen molar-refractivity contribution in [2.45, 2.75) is 32.2 Å². The molecule has 0 bridgehead atoms. The van der Waals surface area contributed by atoms with Gasteiger partial charge in [0.05, 0.1) is 40.7 Å². The van der Waals surface area contributed by atoms with Crippen molar-refractivity contribution >= 4 is 43.3 Å². The highest BCUT2D eigenvalue weighted by Gasteiger charge is 2.27. The molecule has 0 unspecified atom stereocenters. The molecule has 0 atom stereocenters. The quantitative estimate of drug-likeness (QED) is 0.295. The van der Waals surface area contributed by atoms with E-state index in [4.69, 9.17) is 4.74 Å². The van der Waals surface area contributed by atoms with Crippen LogP contribution < -0.4 is 14.3 Å². The van der Waals surface area contributed by atoms with E-state index >= 15 is 0 Å². The summed E-state index contributed by atoms with van der Waals surface area (Å²) in [6.45, 7) is 2.12. The maximum Gasteiger partial charge on any atom is 0.488 e. The van der Waals surface area contributed by atoms with Gasteiger partial charge >= 0.3 is 10.5 Å². The fourth-order valence-corrected chi connectivity index (χ4v) is 5.44. The minimum atomic E-state index is -5.23. The Morgan fingerprint density at radius 3 is 2.68 bits per heavy atom. The summed E-state index contributed by atoms with van der Waals surface area (Å²) in [4.78, 5) is 21.3. The fourth-order valence-electron chi connectivity index (χ4n) is 5.12. The summed E-state index contributed by atoms with van der Waals surface area (Å²) in [5.41, 5.74) is 3.33. The Morgan fingerprint density at radius 2 is 2.00 bits per heavy atom. The van der Waals surface area contributed by atoms with Crippen molar-refractivity contribution in [3.05, 3.63) is 64.6 Å². The van der Waals surface area contributed by atoms with E-state index in [9.17, 15) is 22.4 Å². The van der Waals surface area contributed by atoms with Gasteiger partial charge in [-0.25, -0.2) is 0 Å². The topological polar surface area (TPSA) is 127 Å².